The first kappa shape index (κ1) is 27.2. The second kappa shape index (κ2) is 14.2. The highest BCUT2D eigenvalue weighted by molar-refractivity contribution is 7.01. The van der Waals surface area contributed by atoms with E-state index in [-0.39, 0.29) is 0 Å². The molecular weight excluding hydrogens is 475 g/mol. The molecule has 0 bridgehead atoms. The molecule has 5 aromatic rings. The van der Waals surface area contributed by atoms with Crippen molar-refractivity contribution in [2.75, 3.05) is 0 Å². The molecule has 5 rings (SSSR count). The Kier molecular flexibility index (Phi) is 10.1. The van der Waals surface area contributed by atoms with E-state index in [4.69, 9.17) is 0 Å². The Morgan fingerprint density at radius 2 is 1.21 bits per heavy atom. The van der Waals surface area contributed by atoms with Crippen LogP contribution in [0.2, 0.25) is 6.04 Å². The van der Waals surface area contributed by atoms with Gasteiger partial charge in [0, 0.05) is 18.6 Å². The third kappa shape index (κ3) is 6.90. The normalized spacial score (nSPS) is 10.8. The summed E-state index contributed by atoms with van der Waals surface area (Å²) in [6.45, 7) is 6.50. The molecule has 0 radical (unpaired) electrons. The molecule has 4 heteroatoms. The van der Waals surface area contributed by atoms with E-state index in [1.165, 1.54) is 40.2 Å². The third-order valence-electron chi connectivity index (χ3n) is 7.17. The molecule has 0 atom stereocenters. The fraction of sp³-hybridized carbons (Fsp3) is 0.147. The minimum atomic E-state index is -1.85. The molecule has 0 aliphatic carbocycles. The number of nitrogens with zero attached hydrogens (tertiary/aromatic N) is 2. The zero-order valence-electron chi connectivity index (χ0n) is 22.4. The van der Waals surface area contributed by atoms with Crippen molar-refractivity contribution in [1.29, 1.82) is 0 Å². The van der Waals surface area contributed by atoms with Gasteiger partial charge < -0.3 is 4.57 Å². The van der Waals surface area contributed by atoms with Crippen LogP contribution in [-0.2, 0) is 6.17 Å². The smallest absolute Gasteiger partial charge is 0.233 e. The first-order valence-corrected chi connectivity index (χ1v) is 16.0. The van der Waals surface area contributed by atoms with Crippen LogP contribution >= 0.6 is 0 Å². The topological polar surface area (TPSA) is 17.8 Å². The maximum Gasteiger partial charge on any atom is 0.233 e. The fourth-order valence-electron chi connectivity index (χ4n) is 5.19. The van der Waals surface area contributed by atoms with Crippen LogP contribution in [0.4, 0.5) is 0 Å². The second-order valence-electron chi connectivity index (χ2n) is 9.69. The Morgan fingerprint density at radius 3 is 1.61 bits per heavy atom. The number of hydrogen-bond donors (Lipinski definition) is 0. The molecule has 0 fully saturated rings. The van der Waals surface area contributed by atoms with Gasteiger partial charge in [-0.15, -0.1) is 12.6 Å². The lowest BCUT2D eigenvalue weighted by molar-refractivity contribution is 0.818. The molecule has 0 N–H and O–H groups in total. The molecule has 1 heterocycles. The highest BCUT2D eigenvalue weighted by Crippen LogP contribution is 2.18. The highest BCUT2D eigenvalue weighted by atomic mass is 28.3. The number of rotatable bonds is 10. The molecule has 4 aromatic carbocycles. The minimum Gasteiger partial charge on any atom is -0.340 e. The highest BCUT2D eigenvalue weighted by Gasteiger charge is 2.36. The van der Waals surface area contributed by atoms with E-state index in [2.05, 4.69) is 138 Å². The van der Waals surface area contributed by atoms with Gasteiger partial charge in [0.2, 0.25) is 6.71 Å². The summed E-state index contributed by atoms with van der Waals surface area (Å²) in [6, 6.07) is 44.4. The predicted molar refractivity (Wildman–Crippen MR) is 168 cm³/mol. The zero-order chi connectivity index (χ0) is 26.5. The van der Waals surface area contributed by atoms with Gasteiger partial charge in [-0.3, -0.25) is 0 Å². The molecule has 0 spiro atoms. The van der Waals surface area contributed by atoms with Crippen molar-refractivity contribution in [1.82, 2.24) is 9.55 Å². The third-order valence-corrected chi connectivity index (χ3v) is 12.2. The summed E-state index contributed by atoms with van der Waals surface area (Å²) >= 11 is 0. The summed E-state index contributed by atoms with van der Waals surface area (Å²) in [5, 5.41) is 3.04. The Morgan fingerprint density at radius 1 is 0.737 bits per heavy atom. The molecule has 2 nitrogen and oxygen atoms in total. The van der Waals surface area contributed by atoms with Gasteiger partial charge in [0.15, 0.2) is 0 Å². The second-order valence-corrected chi connectivity index (χ2v) is 13.8. The van der Waals surface area contributed by atoms with E-state index in [9.17, 15) is 0 Å². The van der Waals surface area contributed by atoms with Gasteiger partial charge in [-0.2, -0.15) is 0 Å². The SMILES string of the molecule is C=CB(c1ccccc1)c1ccccc1.CCCC[Si](Cn1ccnc1)(c1ccccc1)c1ccccc1. The van der Waals surface area contributed by atoms with Crippen LogP contribution in [0.3, 0.4) is 0 Å². The Bertz CT molecular complexity index is 1250. The summed E-state index contributed by atoms with van der Waals surface area (Å²) < 4.78 is 2.27. The quantitative estimate of drug-likeness (QED) is 0.226. The first-order valence-electron chi connectivity index (χ1n) is 13.6. The van der Waals surface area contributed by atoms with Crippen molar-refractivity contribution in [3.8, 4) is 0 Å². The van der Waals surface area contributed by atoms with Crippen LogP contribution in [0.1, 0.15) is 19.8 Å². The molecule has 1 aromatic heterocycles. The number of aromatic nitrogens is 2. The molecule has 190 valence electrons. The molecule has 0 amide bonds. The van der Waals surface area contributed by atoms with Gasteiger partial charge in [0.05, 0.1) is 6.33 Å². The standard InChI is InChI=1S/C20H24N2Si.C14H13B/c1-2-3-16-23(18-22-15-14-21-17-22,19-10-6-4-7-11-19)20-12-8-5-9-13-20;1-2-15(13-9-5-3-6-10-13)14-11-7-4-8-12-14/h4-15,17H,2-3,16,18H2,1H3;2-12H,1H2. The van der Waals surface area contributed by atoms with Gasteiger partial charge in [0.25, 0.3) is 0 Å². The van der Waals surface area contributed by atoms with E-state index < -0.39 is 8.07 Å². The van der Waals surface area contributed by atoms with Crippen LogP contribution in [-0.4, -0.2) is 24.3 Å². The number of benzene rings is 4. The van der Waals surface area contributed by atoms with E-state index in [1.54, 1.807) is 0 Å². The Labute approximate surface area is 229 Å². The average Bonchev–Trinajstić information content (AvgIpc) is 3.51. The maximum atomic E-state index is 4.26. The summed E-state index contributed by atoms with van der Waals surface area (Å²) in [6.07, 6.45) is 9.50. The van der Waals surface area contributed by atoms with Gasteiger partial charge in [-0.05, 0) is 6.04 Å². The lowest BCUT2D eigenvalue weighted by atomic mass is 9.41. The van der Waals surface area contributed by atoms with Gasteiger partial charge >= 0.3 is 0 Å². The lowest BCUT2D eigenvalue weighted by Crippen LogP contribution is -2.61. The molecule has 0 saturated heterocycles. The van der Waals surface area contributed by atoms with E-state index in [1.807, 2.05) is 30.6 Å². The molecular formula is C34H37BN2Si. The molecule has 0 aliphatic rings. The van der Waals surface area contributed by atoms with Crippen LogP contribution < -0.4 is 21.3 Å². The molecule has 0 saturated carbocycles. The maximum absolute atomic E-state index is 4.26. The van der Waals surface area contributed by atoms with Crippen LogP contribution in [0.25, 0.3) is 0 Å². The molecule has 38 heavy (non-hydrogen) atoms. The van der Waals surface area contributed by atoms with Crippen molar-refractivity contribution in [2.45, 2.75) is 32.0 Å². The largest absolute Gasteiger partial charge is 0.340 e. The summed E-state index contributed by atoms with van der Waals surface area (Å²) in [5.74, 6) is 1.99. The van der Waals surface area contributed by atoms with Crippen LogP contribution in [0.15, 0.2) is 153 Å². The number of imidazole rings is 1. The van der Waals surface area contributed by atoms with Crippen LogP contribution in [0.5, 0.6) is 0 Å². The first-order chi connectivity index (χ1) is 18.8. The average molecular weight is 513 g/mol. The Balaban J connectivity index is 0.000000194. The Hall–Kier alpha value is -3.89. The van der Waals surface area contributed by atoms with Gasteiger partial charge in [-0.25, -0.2) is 4.98 Å². The zero-order valence-corrected chi connectivity index (χ0v) is 23.4. The van der Waals surface area contributed by atoms with Gasteiger partial charge in [0.1, 0.15) is 8.07 Å². The molecule has 0 unspecified atom stereocenters. The fourth-order valence-corrected chi connectivity index (χ4v) is 10.0. The van der Waals surface area contributed by atoms with Crippen LogP contribution in [0, 0.1) is 0 Å². The summed E-state index contributed by atoms with van der Waals surface area (Å²) in [7, 11) is -1.85. The monoisotopic (exact) mass is 512 g/mol. The summed E-state index contributed by atoms with van der Waals surface area (Å²) in [4.78, 5) is 4.26. The van der Waals surface area contributed by atoms with E-state index >= 15 is 0 Å². The van der Waals surface area contributed by atoms with Crippen molar-refractivity contribution in [3.05, 3.63) is 153 Å². The molecule has 0 aliphatic heterocycles. The van der Waals surface area contributed by atoms with Crippen molar-refractivity contribution < 1.29 is 0 Å². The van der Waals surface area contributed by atoms with E-state index in [0.29, 0.717) is 6.71 Å². The van der Waals surface area contributed by atoms with E-state index in [0.717, 1.165) is 6.17 Å². The van der Waals surface area contributed by atoms with Crippen molar-refractivity contribution in [2.24, 2.45) is 0 Å². The summed E-state index contributed by atoms with van der Waals surface area (Å²) in [5.41, 5.74) is 2.58. The number of unbranched alkanes of at least 4 members (excludes halogenated alkanes) is 1. The lowest BCUT2D eigenvalue weighted by Gasteiger charge is -2.33. The van der Waals surface area contributed by atoms with Crippen molar-refractivity contribution in [3.63, 3.8) is 0 Å². The van der Waals surface area contributed by atoms with Gasteiger partial charge in [-0.1, -0.05) is 162 Å². The predicted octanol–water partition coefficient (Wildman–Crippen LogP) is 5.51. The number of hydrogen-bond acceptors (Lipinski definition) is 1. The van der Waals surface area contributed by atoms with Crippen molar-refractivity contribution >= 4 is 36.1 Å². The minimum absolute atomic E-state index is 0.299.